The fourth-order valence-corrected chi connectivity index (χ4v) is 1.83. The van der Waals surface area contributed by atoms with Gasteiger partial charge in [0.2, 0.25) is 0 Å². The van der Waals surface area contributed by atoms with Gasteiger partial charge in [-0.3, -0.25) is 9.59 Å². The zero-order valence-corrected chi connectivity index (χ0v) is 8.40. The zero-order chi connectivity index (χ0) is 10.6. The number of carboxylic acids is 1. The molecule has 0 aliphatic heterocycles. The van der Waals surface area contributed by atoms with Crippen molar-refractivity contribution in [3.8, 4) is 0 Å². The van der Waals surface area contributed by atoms with Crippen LogP contribution < -0.4 is 0 Å². The van der Waals surface area contributed by atoms with E-state index < -0.39 is 5.97 Å². The lowest BCUT2D eigenvalue weighted by molar-refractivity contribution is -0.143. The normalized spacial score (nSPS) is 27.8. The molecular weight excluding hydrogens is 180 g/mol. The highest BCUT2D eigenvalue weighted by molar-refractivity contribution is 5.87. The second-order valence-corrected chi connectivity index (χ2v) is 3.92. The number of allylic oxidation sites excluding steroid dienone is 2. The average Bonchev–Trinajstić information content (AvgIpc) is 2.15. The minimum absolute atomic E-state index is 0.0605. The molecule has 1 fully saturated rings. The summed E-state index contributed by atoms with van der Waals surface area (Å²) < 4.78 is 0. The Morgan fingerprint density at radius 2 is 1.79 bits per heavy atom. The Balaban J connectivity index is 2.36. The lowest BCUT2D eigenvalue weighted by Crippen LogP contribution is -2.20. The van der Waals surface area contributed by atoms with Crippen LogP contribution in [0.2, 0.25) is 0 Å². The lowest BCUT2D eigenvalue weighted by Gasteiger charge is -2.23. The molecule has 78 valence electrons. The molecule has 0 aromatic carbocycles. The van der Waals surface area contributed by atoms with Gasteiger partial charge in [0.15, 0.2) is 5.78 Å². The summed E-state index contributed by atoms with van der Waals surface area (Å²) in [7, 11) is 0. The molecule has 0 atom stereocenters. The summed E-state index contributed by atoms with van der Waals surface area (Å²) in [4.78, 5) is 21.3. The maximum absolute atomic E-state index is 10.7. The Kier molecular flexibility index (Phi) is 3.86. The molecule has 3 heteroatoms. The quantitative estimate of drug-likeness (QED) is 0.702. The van der Waals surface area contributed by atoms with Gasteiger partial charge in [0.1, 0.15) is 0 Å². The Morgan fingerprint density at radius 3 is 2.21 bits per heavy atom. The van der Waals surface area contributed by atoms with Crippen molar-refractivity contribution in [1.29, 1.82) is 0 Å². The lowest BCUT2D eigenvalue weighted by atomic mass is 9.82. The van der Waals surface area contributed by atoms with Gasteiger partial charge < -0.3 is 5.11 Å². The third-order valence-electron chi connectivity index (χ3n) is 2.72. The number of carboxylic acid groups (broad SMARTS) is 1. The summed E-state index contributed by atoms with van der Waals surface area (Å²) in [5, 5.41) is 8.77. The van der Waals surface area contributed by atoms with Crippen molar-refractivity contribution >= 4 is 11.8 Å². The monoisotopic (exact) mass is 196 g/mol. The molecule has 0 heterocycles. The summed E-state index contributed by atoms with van der Waals surface area (Å²) >= 11 is 0. The number of ketones is 1. The van der Waals surface area contributed by atoms with Crippen LogP contribution in [-0.4, -0.2) is 16.9 Å². The number of aliphatic carboxylic acids is 1. The van der Waals surface area contributed by atoms with Crippen LogP contribution in [0.1, 0.15) is 32.6 Å². The van der Waals surface area contributed by atoms with Gasteiger partial charge in [-0.15, -0.1) is 0 Å². The zero-order valence-electron chi connectivity index (χ0n) is 8.40. The second kappa shape index (κ2) is 4.94. The van der Waals surface area contributed by atoms with E-state index in [0.29, 0.717) is 5.92 Å². The molecular formula is C11H16O3. The van der Waals surface area contributed by atoms with Gasteiger partial charge in [-0.05, 0) is 44.6 Å². The number of hydrogen-bond acceptors (Lipinski definition) is 2. The van der Waals surface area contributed by atoms with Crippen molar-refractivity contribution in [3.63, 3.8) is 0 Å². The Hall–Kier alpha value is -1.12. The van der Waals surface area contributed by atoms with Gasteiger partial charge >= 0.3 is 5.97 Å². The Morgan fingerprint density at radius 1 is 1.21 bits per heavy atom. The van der Waals surface area contributed by atoms with Crippen LogP contribution in [0.15, 0.2) is 12.2 Å². The van der Waals surface area contributed by atoms with Crippen molar-refractivity contribution < 1.29 is 14.7 Å². The van der Waals surface area contributed by atoms with Gasteiger partial charge in [-0.25, -0.2) is 0 Å². The van der Waals surface area contributed by atoms with Crippen LogP contribution in [0.25, 0.3) is 0 Å². The van der Waals surface area contributed by atoms with Crippen molar-refractivity contribution in [2.24, 2.45) is 11.8 Å². The van der Waals surface area contributed by atoms with Crippen LogP contribution in [0.5, 0.6) is 0 Å². The summed E-state index contributed by atoms with van der Waals surface area (Å²) in [6.07, 6.45) is 6.76. The van der Waals surface area contributed by atoms with E-state index in [1.807, 2.05) is 6.08 Å². The van der Waals surface area contributed by atoms with E-state index in [2.05, 4.69) is 0 Å². The fraction of sp³-hybridized carbons (Fsp3) is 0.636. The minimum atomic E-state index is -0.681. The maximum Gasteiger partial charge on any atom is 0.306 e. The molecule has 0 radical (unpaired) electrons. The van der Waals surface area contributed by atoms with Gasteiger partial charge in [-0.2, -0.15) is 0 Å². The summed E-state index contributed by atoms with van der Waals surface area (Å²) in [6, 6.07) is 0. The predicted octanol–water partition coefficient (Wildman–Crippen LogP) is 2.02. The minimum Gasteiger partial charge on any atom is -0.481 e. The number of carbonyl (C=O) groups is 2. The molecule has 14 heavy (non-hydrogen) atoms. The maximum atomic E-state index is 10.7. The van der Waals surface area contributed by atoms with E-state index >= 15 is 0 Å². The first-order valence-corrected chi connectivity index (χ1v) is 5.01. The standard InChI is InChI=1S/C11H16O3/c1-8(12)2-3-9-4-6-10(7-5-9)11(13)14/h2-3,9-10H,4-7H2,1H3,(H,13,14)/b3-2+. The number of hydrogen-bond donors (Lipinski definition) is 1. The highest BCUT2D eigenvalue weighted by Gasteiger charge is 2.24. The van der Waals surface area contributed by atoms with Gasteiger partial charge in [-0.1, -0.05) is 6.08 Å². The molecule has 3 nitrogen and oxygen atoms in total. The van der Waals surface area contributed by atoms with Gasteiger partial charge in [0.25, 0.3) is 0 Å². The van der Waals surface area contributed by atoms with E-state index in [1.165, 1.54) is 6.92 Å². The van der Waals surface area contributed by atoms with Crippen molar-refractivity contribution in [2.45, 2.75) is 32.6 Å². The van der Waals surface area contributed by atoms with Crippen molar-refractivity contribution in [1.82, 2.24) is 0 Å². The molecule has 1 rings (SSSR count). The van der Waals surface area contributed by atoms with Gasteiger partial charge in [0, 0.05) is 0 Å². The van der Waals surface area contributed by atoms with E-state index in [1.54, 1.807) is 6.08 Å². The molecule has 1 N–H and O–H groups in total. The molecule has 0 aromatic rings. The van der Waals surface area contributed by atoms with E-state index in [-0.39, 0.29) is 11.7 Å². The largest absolute Gasteiger partial charge is 0.481 e. The molecule has 1 aliphatic rings. The third-order valence-corrected chi connectivity index (χ3v) is 2.72. The SMILES string of the molecule is CC(=O)/C=C/C1CCC(C(=O)O)CC1. The van der Waals surface area contributed by atoms with Crippen LogP contribution in [0.4, 0.5) is 0 Å². The van der Waals surface area contributed by atoms with E-state index in [9.17, 15) is 9.59 Å². The number of rotatable bonds is 3. The molecule has 0 saturated heterocycles. The summed E-state index contributed by atoms with van der Waals surface area (Å²) in [6.45, 7) is 1.53. The van der Waals surface area contributed by atoms with Crippen LogP contribution >= 0.6 is 0 Å². The van der Waals surface area contributed by atoms with Crippen LogP contribution in [0.3, 0.4) is 0 Å². The third kappa shape index (κ3) is 3.32. The molecule has 1 saturated carbocycles. The topological polar surface area (TPSA) is 54.4 Å². The van der Waals surface area contributed by atoms with Crippen molar-refractivity contribution in [3.05, 3.63) is 12.2 Å². The smallest absolute Gasteiger partial charge is 0.306 e. The second-order valence-electron chi connectivity index (χ2n) is 3.92. The van der Waals surface area contributed by atoms with E-state index in [0.717, 1.165) is 25.7 Å². The molecule has 0 aromatic heterocycles. The Labute approximate surface area is 83.8 Å². The van der Waals surface area contributed by atoms with Crippen LogP contribution in [-0.2, 0) is 9.59 Å². The first kappa shape index (κ1) is 11.0. The van der Waals surface area contributed by atoms with Crippen molar-refractivity contribution in [2.75, 3.05) is 0 Å². The highest BCUT2D eigenvalue weighted by atomic mass is 16.4. The first-order valence-electron chi connectivity index (χ1n) is 5.01. The summed E-state index contributed by atoms with van der Waals surface area (Å²) in [5.74, 6) is -0.393. The predicted molar refractivity (Wildman–Crippen MR) is 52.9 cm³/mol. The molecule has 0 bridgehead atoms. The van der Waals surface area contributed by atoms with E-state index in [4.69, 9.17) is 5.11 Å². The van der Waals surface area contributed by atoms with Gasteiger partial charge in [0.05, 0.1) is 5.92 Å². The highest BCUT2D eigenvalue weighted by Crippen LogP contribution is 2.29. The molecule has 1 aliphatic carbocycles. The molecule has 0 unspecified atom stereocenters. The average molecular weight is 196 g/mol. The number of carbonyl (C=O) groups excluding carboxylic acids is 1. The summed E-state index contributed by atoms with van der Waals surface area (Å²) in [5.41, 5.74) is 0. The first-order chi connectivity index (χ1) is 6.59. The molecule has 0 amide bonds. The van der Waals surface area contributed by atoms with Crippen LogP contribution in [0, 0.1) is 11.8 Å². The Bertz CT molecular complexity index is 247. The fourth-order valence-electron chi connectivity index (χ4n) is 1.83. The molecule has 0 spiro atoms.